The van der Waals surface area contributed by atoms with Gasteiger partial charge in [0.1, 0.15) is 5.75 Å². The van der Waals surface area contributed by atoms with Crippen molar-refractivity contribution in [2.45, 2.75) is 13.2 Å². The first-order chi connectivity index (χ1) is 4.48. The highest BCUT2D eigenvalue weighted by Gasteiger charge is 2.12. The normalized spacial score (nSPS) is 12.4. The molecule has 0 aliphatic rings. The maximum atomic E-state index is 10.6. The van der Waals surface area contributed by atoms with Gasteiger partial charge in [0.05, 0.1) is 0 Å². The Hall–Kier alpha value is -0.170. The Kier molecular flexibility index (Phi) is 3.80. The smallest absolute Gasteiger partial charge is 0.216 e. The molecule has 0 atom stereocenters. The number of aliphatic hydroxyl groups excluding tert-OH is 1. The zero-order valence-electron chi connectivity index (χ0n) is 5.61. The Morgan fingerprint density at radius 1 is 1.50 bits per heavy atom. The third-order valence-electron chi connectivity index (χ3n) is 0.733. The van der Waals surface area contributed by atoms with Crippen LogP contribution in [0.5, 0.6) is 0 Å². The van der Waals surface area contributed by atoms with Crippen molar-refractivity contribution in [2.24, 2.45) is 0 Å². The number of hydrogen-bond acceptors (Lipinski definition) is 4. The van der Waals surface area contributed by atoms with Gasteiger partial charge in [-0.25, -0.2) is 13.1 Å². The molecule has 0 heterocycles. The molecule has 0 radical (unpaired) electrons. The van der Waals surface area contributed by atoms with Gasteiger partial charge < -0.3 is 10.2 Å². The molecule has 5 nitrogen and oxygen atoms in total. The number of aliphatic hydroxyl groups is 2. The van der Waals surface area contributed by atoms with E-state index in [9.17, 15) is 8.42 Å². The van der Waals surface area contributed by atoms with E-state index in [1.165, 1.54) is 0 Å². The molecule has 0 saturated carbocycles. The molecular formula is C4H11NO4S. The second-order valence-electron chi connectivity index (χ2n) is 1.76. The van der Waals surface area contributed by atoms with Crippen LogP contribution in [0.15, 0.2) is 0 Å². The molecule has 0 rings (SSSR count). The average molecular weight is 169 g/mol. The number of nitrogens with one attached hydrogen (secondary N) is 1. The zero-order valence-corrected chi connectivity index (χ0v) is 6.43. The molecule has 0 aliphatic carbocycles. The maximum absolute atomic E-state index is 10.6. The molecule has 3 N–H and O–H groups in total. The van der Waals surface area contributed by atoms with Crippen LogP contribution in [0.1, 0.15) is 6.92 Å². The fourth-order valence-electron chi connectivity index (χ4n) is 0.475. The molecular weight excluding hydrogens is 158 g/mol. The SMILES string of the molecule is CCNS(=O)(=O)CC(O)O. The third-order valence-corrected chi connectivity index (χ3v) is 2.20. The fraction of sp³-hybridized carbons (Fsp3) is 1.00. The fourth-order valence-corrected chi connectivity index (χ4v) is 1.43. The summed E-state index contributed by atoms with van der Waals surface area (Å²) in [6, 6.07) is 0. The molecule has 0 amide bonds. The van der Waals surface area contributed by atoms with Crippen molar-refractivity contribution < 1.29 is 18.6 Å². The maximum Gasteiger partial charge on any atom is 0.216 e. The summed E-state index contributed by atoms with van der Waals surface area (Å²) in [5, 5.41) is 16.5. The van der Waals surface area contributed by atoms with Gasteiger partial charge >= 0.3 is 0 Å². The summed E-state index contributed by atoms with van der Waals surface area (Å²) in [5.41, 5.74) is 0. The van der Waals surface area contributed by atoms with Gasteiger partial charge in [0, 0.05) is 6.54 Å². The summed E-state index contributed by atoms with van der Waals surface area (Å²) in [7, 11) is -3.48. The Bertz CT molecular complexity index is 174. The standard InChI is InChI=1S/C4H11NO4S/c1-2-5-10(8,9)3-4(6)7/h4-7H,2-3H2,1H3. The topological polar surface area (TPSA) is 86.6 Å². The second-order valence-corrected chi connectivity index (χ2v) is 3.61. The van der Waals surface area contributed by atoms with Crippen LogP contribution in [0.25, 0.3) is 0 Å². The average Bonchev–Trinajstić information content (AvgIpc) is 1.59. The van der Waals surface area contributed by atoms with Crippen molar-refractivity contribution in [3.63, 3.8) is 0 Å². The first-order valence-electron chi connectivity index (χ1n) is 2.81. The van der Waals surface area contributed by atoms with Crippen molar-refractivity contribution >= 4 is 10.0 Å². The van der Waals surface area contributed by atoms with Crippen LogP contribution < -0.4 is 4.72 Å². The van der Waals surface area contributed by atoms with Crippen molar-refractivity contribution in [1.82, 2.24) is 4.72 Å². The number of hydrogen-bond donors (Lipinski definition) is 3. The van der Waals surface area contributed by atoms with E-state index in [0.717, 1.165) is 0 Å². The molecule has 0 aromatic carbocycles. The summed E-state index contributed by atoms with van der Waals surface area (Å²) in [6.45, 7) is 1.87. The number of sulfonamides is 1. The highest BCUT2D eigenvalue weighted by Crippen LogP contribution is 1.85. The summed E-state index contributed by atoms with van der Waals surface area (Å²) < 4.78 is 23.3. The van der Waals surface area contributed by atoms with Gasteiger partial charge in [-0.1, -0.05) is 6.92 Å². The summed E-state index contributed by atoms with van der Waals surface area (Å²) in [4.78, 5) is 0. The molecule has 0 spiro atoms. The molecule has 0 aromatic rings. The quantitative estimate of drug-likeness (QED) is 0.435. The lowest BCUT2D eigenvalue weighted by Crippen LogP contribution is -2.31. The second kappa shape index (κ2) is 3.87. The summed E-state index contributed by atoms with van der Waals surface area (Å²) >= 11 is 0. The highest BCUT2D eigenvalue weighted by molar-refractivity contribution is 7.89. The molecule has 0 saturated heterocycles. The minimum atomic E-state index is -3.48. The lowest BCUT2D eigenvalue weighted by molar-refractivity contribution is -0.0200. The van der Waals surface area contributed by atoms with E-state index in [4.69, 9.17) is 10.2 Å². The van der Waals surface area contributed by atoms with Crippen molar-refractivity contribution in [3.8, 4) is 0 Å². The molecule has 0 aromatic heterocycles. The molecule has 0 bridgehead atoms. The van der Waals surface area contributed by atoms with Gasteiger partial charge in [0.15, 0.2) is 6.29 Å². The molecule has 62 valence electrons. The van der Waals surface area contributed by atoms with Crippen LogP contribution in [0.2, 0.25) is 0 Å². The minimum absolute atomic E-state index is 0.259. The van der Waals surface area contributed by atoms with Crippen molar-refractivity contribution in [2.75, 3.05) is 12.3 Å². The molecule has 6 heteroatoms. The van der Waals surface area contributed by atoms with Crippen LogP contribution >= 0.6 is 0 Å². The van der Waals surface area contributed by atoms with Gasteiger partial charge in [-0.3, -0.25) is 0 Å². The van der Waals surface area contributed by atoms with Crippen LogP contribution in [0.3, 0.4) is 0 Å². The van der Waals surface area contributed by atoms with Gasteiger partial charge in [-0.15, -0.1) is 0 Å². The molecule has 0 unspecified atom stereocenters. The predicted molar refractivity (Wildman–Crippen MR) is 35.7 cm³/mol. The molecule has 0 fully saturated rings. The van der Waals surface area contributed by atoms with E-state index in [-0.39, 0.29) is 6.54 Å². The Morgan fingerprint density at radius 2 is 2.00 bits per heavy atom. The largest absolute Gasteiger partial charge is 0.367 e. The first-order valence-corrected chi connectivity index (χ1v) is 4.46. The van der Waals surface area contributed by atoms with E-state index in [1.807, 2.05) is 0 Å². The summed E-state index contributed by atoms with van der Waals surface area (Å²) in [5.74, 6) is -0.666. The zero-order chi connectivity index (χ0) is 8.20. The van der Waals surface area contributed by atoms with Crippen molar-refractivity contribution in [3.05, 3.63) is 0 Å². The van der Waals surface area contributed by atoms with Gasteiger partial charge in [-0.05, 0) is 0 Å². The van der Waals surface area contributed by atoms with E-state index < -0.39 is 22.1 Å². The lowest BCUT2D eigenvalue weighted by Gasteiger charge is -2.04. The molecule has 10 heavy (non-hydrogen) atoms. The number of rotatable bonds is 4. The Labute approximate surface area is 59.7 Å². The monoisotopic (exact) mass is 169 g/mol. The minimum Gasteiger partial charge on any atom is -0.367 e. The summed E-state index contributed by atoms with van der Waals surface area (Å²) in [6.07, 6.45) is -1.80. The van der Waals surface area contributed by atoms with E-state index in [1.54, 1.807) is 6.92 Å². The lowest BCUT2D eigenvalue weighted by atomic mass is 10.8. The van der Waals surface area contributed by atoms with Crippen molar-refractivity contribution in [1.29, 1.82) is 0 Å². The molecule has 0 aliphatic heterocycles. The Balaban J connectivity index is 3.89. The van der Waals surface area contributed by atoms with Crippen LogP contribution in [0.4, 0.5) is 0 Å². The van der Waals surface area contributed by atoms with E-state index >= 15 is 0 Å². The van der Waals surface area contributed by atoms with Gasteiger partial charge in [-0.2, -0.15) is 0 Å². The van der Waals surface area contributed by atoms with Gasteiger partial charge in [0.2, 0.25) is 10.0 Å². The van der Waals surface area contributed by atoms with Gasteiger partial charge in [0.25, 0.3) is 0 Å². The van der Waals surface area contributed by atoms with E-state index in [0.29, 0.717) is 0 Å². The Morgan fingerprint density at radius 3 is 2.30 bits per heavy atom. The van der Waals surface area contributed by atoms with Crippen LogP contribution in [-0.2, 0) is 10.0 Å². The predicted octanol–water partition coefficient (Wildman–Crippen LogP) is -1.76. The third kappa shape index (κ3) is 4.68. The van der Waals surface area contributed by atoms with Crippen LogP contribution in [-0.4, -0.2) is 37.2 Å². The van der Waals surface area contributed by atoms with E-state index in [2.05, 4.69) is 4.72 Å². The van der Waals surface area contributed by atoms with Crippen LogP contribution in [0, 0.1) is 0 Å². The highest BCUT2D eigenvalue weighted by atomic mass is 32.2. The first kappa shape index (κ1) is 9.83.